The Kier molecular flexibility index (Phi) is 11.0. The second kappa shape index (κ2) is 15.3. The molecule has 254 valence electrons. The van der Waals surface area contributed by atoms with E-state index in [1.807, 2.05) is 50.2 Å². The van der Waals surface area contributed by atoms with Gasteiger partial charge in [-0.2, -0.15) is 0 Å². The highest BCUT2D eigenvalue weighted by Crippen LogP contribution is 2.31. The molecular weight excluding hydrogens is 632 g/mol. The number of anilines is 1. The standard InChI is InChI=1S/C35H42N6O6S/c1-4-21-48(45,46)38-29-15-8-9-16-30(29)41-32(27-12-6-5-7-13-27)33(34(43)39-19-17-36-18-20-39)40(35(41)44)23-26-11-10-14-28(22-26)47-24-31(42)37-25(2)3/h5-16,22,25,36,38H,4,17-21,23-24H2,1-3H3,(H,37,42). The zero-order chi connectivity index (χ0) is 34.3. The minimum atomic E-state index is -3.71. The summed E-state index contributed by atoms with van der Waals surface area (Å²) in [6.07, 6.45) is 0.414. The third-order valence-electron chi connectivity index (χ3n) is 7.74. The Morgan fingerprint density at radius 2 is 1.67 bits per heavy atom. The Morgan fingerprint density at radius 1 is 0.958 bits per heavy atom. The number of hydrogen-bond donors (Lipinski definition) is 3. The summed E-state index contributed by atoms with van der Waals surface area (Å²) >= 11 is 0. The van der Waals surface area contributed by atoms with Crippen molar-refractivity contribution in [1.82, 2.24) is 24.7 Å². The number of imidazole rings is 1. The number of amides is 2. The van der Waals surface area contributed by atoms with Gasteiger partial charge in [0.1, 0.15) is 11.4 Å². The SMILES string of the molecule is CCCS(=O)(=O)Nc1ccccc1-n1c(-c2ccccc2)c(C(=O)N2CCNCC2)n(Cc2cccc(OCC(=O)NC(C)C)c2)c1=O. The molecule has 2 amide bonds. The molecule has 0 spiro atoms. The van der Waals surface area contributed by atoms with Crippen LogP contribution in [-0.4, -0.2) is 78.8 Å². The van der Waals surface area contributed by atoms with E-state index < -0.39 is 15.7 Å². The number of benzene rings is 3. The molecule has 1 saturated heterocycles. The molecule has 1 fully saturated rings. The quantitative estimate of drug-likeness (QED) is 0.197. The van der Waals surface area contributed by atoms with Crippen molar-refractivity contribution in [2.75, 3.05) is 43.3 Å². The van der Waals surface area contributed by atoms with Gasteiger partial charge in [0.05, 0.1) is 29.4 Å². The highest BCUT2D eigenvalue weighted by molar-refractivity contribution is 7.92. The molecule has 1 aliphatic rings. The monoisotopic (exact) mass is 674 g/mol. The Balaban J connectivity index is 1.68. The zero-order valence-corrected chi connectivity index (χ0v) is 28.3. The predicted molar refractivity (Wildman–Crippen MR) is 186 cm³/mol. The summed E-state index contributed by atoms with van der Waals surface area (Å²) in [6, 6.07) is 22.8. The first kappa shape index (κ1) is 34.5. The zero-order valence-electron chi connectivity index (χ0n) is 27.4. The summed E-state index contributed by atoms with van der Waals surface area (Å²) in [5, 5.41) is 6.06. The van der Waals surface area contributed by atoms with Gasteiger partial charge in [0.2, 0.25) is 10.0 Å². The van der Waals surface area contributed by atoms with Gasteiger partial charge in [-0.05, 0) is 50.1 Å². The first-order chi connectivity index (χ1) is 23.1. The molecule has 13 heteroatoms. The van der Waals surface area contributed by atoms with Crippen LogP contribution in [-0.2, 0) is 21.4 Å². The second-order valence-electron chi connectivity index (χ2n) is 11.9. The molecule has 2 heterocycles. The second-order valence-corrected chi connectivity index (χ2v) is 13.7. The molecule has 12 nitrogen and oxygen atoms in total. The Hall–Kier alpha value is -4.88. The predicted octanol–water partition coefficient (Wildman–Crippen LogP) is 3.45. The third-order valence-corrected chi connectivity index (χ3v) is 9.21. The van der Waals surface area contributed by atoms with Crippen molar-refractivity contribution in [3.05, 3.63) is 101 Å². The van der Waals surface area contributed by atoms with Crippen LogP contribution in [0.3, 0.4) is 0 Å². The van der Waals surface area contributed by atoms with Crippen LogP contribution < -0.4 is 25.8 Å². The lowest BCUT2D eigenvalue weighted by Gasteiger charge is -2.28. The topological polar surface area (TPSA) is 144 Å². The van der Waals surface area contributed by atoms with Gasteiger partial charge in [-0.3, -0.25) is 23.4 Å². The van der Waals surface area contributed by atoms with Crippen LogP contribution in [0.25, 0.3) is 16.9 Å². The number of piperazine rings is 1. The van der Waals surface area contributed by atoms with E-state index >= 15 is 0 Å². The van der Waals surface area contributed by atoms with Gasteiger partial charge in [0, 0.05) is 37.8 Å². The number of aromatic nitrogens is 2. The summed E-state index contributed by atoms with van der Waals surface area (Å²) < 4.78 is 37.1. The summed E-state index contributed by atoms with van der Waals surface area (Å²) in [7, 11) is -3.71. The van der Waals surface area contributed by atoms with Crippen LogP contribution in [0.15, 0.2) is 83.7 Å². The van der Waals surface area contributed by atoms with E-state index in [-0.39, 0.29) is 48.1 Å². The lowest BCUT2D eigenvalue weighted by molar-refractivity contribution is -0.123. The fourth-order valence-corrected chi connectivity index (χ4v) is 6.83. The van der Waals surface area contributed by atoms with Crippen LogP contribution in [0, 0.1) is 0 Å². The molecule has 4 aromatic rings. The summed E-state index contributed by atoms with van der Waals surface area (Å²) in [4.78, 5) is 43.1. The van der Waals surface area contributed by atoms with Crippen LogP contribution in [0.1, 0.15) is 43.2 Å². The first-order valence-electron chi connectivity index (χ1n) is 16.1. The van der Waals surface area contributed by atoms with Crippen molar-refractivity contribution in [2.24, 2.45) is 0 Å². The van der Waals surface area contributed by atoms with E-state index in [1.54, 1.807) is 54.3 Å². The highest BCUT2D eigenvalue weighted by atomic mass is 32.2. The van der Waals surface area contributed by atoms with E-state index in [0.29, 0.717) is 60.9 Å². The van der Waals surface area contributed by atoms with Crippen molar-refractivity contribution < 1.29 is 22.7 Å². The molecule has 0 radical (unpaired) electrons. The van der Waals surface area contributed by atoms with Crippen LogP contribution >= 0.6 is 0 Å². The normalized spacial score (nSPS) is 13.4. The number of nitrogens with one attached hydrogen (secondary N) is 3. The van der Waals surface area contributed by atoms with Gasteiger partial charge in [-0.1, -0.05) is 61.5 Å². The highest BCUT2D eigenvalue weighted by Gasteiger charge is 2.32. The van der Waals surface area contributed by atoms with Gasteiger partial charge in [0.25, 0.3) is 11.8 Å². The fraction of sp³-hybridized carbons (Fsp3) is 0.343. The Morgan fingerprint density at radius 3 is 2.38 bits per heavy atom. The average Bonchev–Trinajstić information content (AvgIpc) is 3.35. The molecule has 0 aliphatic carbocycles. The number of sulfonamides is 1. The molecular formula is C35H42N6O6S. The molecule has 0 unspecified atom stereocenters. The number of rotatable bonds is 13. The van der Waals surface area contributed by atoms with E-state index in [0.717, 1.165) is 0 Å². The number of hydrogen-bond acceptors (Lipinski definition) is 7. The van der Waals surface area contributed by atoms with Gasteiger partial charge in [-0.25, -0.2) is 13.2 Å². The minimum absolute atomic E-state index is 0.0119. The van der Waals surface area contributed by atoms with Crippen molar-refractivity contribution >= 4 is 27.5 Å². The molecule has 0 atom stereocenters. The van der Waals surface area contributed by atoms with Crippen molar-refractivity contribution in [3.63, 3.8) is 0 Å². The maximum atomic E-state index is 14.7. The van der Waals surface area contributed by atoms with Crippen LogP contribution in [0.2, 0.25) is 0 Å². The average molecular weight is 675 g/mol. The number of nitrogens with zero attached hydrogens (tertiary/aromatic N) is 3. The summed E-state index contributed by atoms with van der Waals surface area (Å²) in [6.45, 7) is 7.49. The third kappa shape index (κ3) is 8.15. The van der Waals surface area contributed by atoms with Crippen LogP contribution in [0.4, 0.5) is 5.69 Å². The Bertz CT molecular complexity index is 1910. The van der Waals surface area contributed by atoms with E-state index in [1.165, 1.54) is 9.13 Å². The van der Waals surface area contributed by atoms with E-state index in [9.17, 15) is 22.8 Å². The number of ether oxygens (including phenoxy) is 1. The van der Waals surface area contributed by atoms with Gasteiger partial charge >= 0.3 is 5.69 Å². The molecule has 48 heavy (non-hydrogen) atoms. The number of carbonyl (C=O) groups excluding carboxylic acids is 2. The molecule has 0 bridgehead atoms. The smallest absolute Gasteiger partial charge is 0.334 e. The van der Waals surface area contributed by atoms with Crippen molar-refractivity contribution in [3.8, 4) is 22.7 Å². The number of para-hydroxylation sites is 2. The fourth-order valence-electron chi connectivity index (χ4n) is 5.68. The lowest BCUT2D eigenvalue weighted by Crippen LogP contribution is -2.47. The van der Waals surface area contributed by atoms with Crippen molar-refractivity contribution in [2.45, 2.75) is 39.8 Å². The van der Waals surface area contributed by atoms with Gasteiger partial charge in [-0.15, -0.1) is 0 Å². The molecule has 5 rings (SSSR count). The molecule has 3 N–H and O–H groups in total. The summed E-state index contributed by atoms with van der Waals surface area (Å²) in [5.74, 6) is -0.221. The van der Waals surface area contributed by atoms with Gasteiger partial charge < -0.3 is 20.3 Å². The van der Waals surface area contributed by atoms with E-state index in [4.69, 9.17) is 4.74 Å². The van der Waals surface area contributed by atoms with Crippen LogP contribution in [0.5, 0.6) is 5.75 Å². The molecule has 0 saturated carbocycles. The van der Waals surface area contributed by atoms with Crippen molar-refractivity contribution in [1.29, 1.82) is 0 Å². The molecule has 1 aliphatic heterocycles. The Labute approximate surface area is 280 Å². The van der Waals surface area contributed by atoms with E-state index in [2.05, 4.69) is 15.4 Å². The minimum Gasteiger partial charge on any atom is -0.484 e. The molecule has 1 aromatic heterocycles. The largest absolute Gasteiger partial charge is 0.484 e. The maximum Gasteiger partial charge on any atom is 0.334 e. The van der Waals surface area contributed by atoms with Gasteiger partial charge in [0.15, 0.2) is 6.61 Å². The molecule has 3 aromatic carbocycles. The summed E-state index contributed by atoms with van der Waals surface area (Å²) in [5.41, 5.74) is 1.82. The lowest BCUT2D eigenvalue weighted by atomic mass is 10.1. The maximum absolute atomic E-state index is 14.7. The number of carbonyl (C=O) groups is 2. The first-order valence-corrected chi connectivity index (χ1v) is 17.7.